The number of hydrogen-bond donors (Lipinski definition) is 2. The smallest absolute Gasteiger partial charge is 0.227 e. The number of hydrogen-bond acceptors (Lipinski definition) is 4. The quantitative estimate of drug-likeness (QED) is 0.852. The van der Waals surface area contributed by atoms with Gasteiger partial charge in [0.2, 0.25) is 5.91 Å². The van der Waals surface area contributed by atoms with E-state index in [0.29, 0.717) is 19.5 Å². The number of likely N-dealkylation sites (tertiary alicyclic amines) is 1. The van der Waals surface area contributed by atoms with E-state index in [2.05, 4.69) is 5.10 Å². The van der Waals surface area contributed by atoms with Crippen molar-refractivity contribution in [2.24, 2.45) is 5.92 Å². The van der Waals surface area contributed by atoms with Gasteiger partial charge < -0.3 is 15.1 Å². The van der Waals surface area contributed by atoms with Gasteiger partial charge in [0.25, 0.3) is 0 Å². The highest BCUT2D eigenvalue weighted by Crippen LogP contribution is 2.23. The van der Waals surface area contributed by atoms with E-state index in [9.17, 15) is 9.90 Å². The summed E-state index contributed by atoms with van der Waals surface area (Å²) in [6, 6.07) is 9.92. The number of benzene rings is 1. The van der Waals surface area contributed by atoms with Gasteiger partial charge in [-0.2, -0.15) is 5.10 Å². The lowest BCUT2D eigenvalue weighted by Gasteiger charge is -2.33. The van der Waals surface area contributed by atoms with Crippen LogP contribution in [0.25, 0.3) is 5.69 Å². The molecule has 1 aromatic carbocycles. The number of aliphatic hydroxyl groups is 2. The Morgan fingerprint density at radius 1 is 1.23 bits per heavy atom. The highest BCUT2D eigenvalue weighted by atomic mass is 16.3. The standard InChI is InChI=1S/C20H27N3O3/c1-14-18(15(2)23(21-14)17-6-4-3-5-7-17)12-20(26)22-10-8-16(9-11-22)19(25)13-24/h3-7,16,19,24-25H,8-13H2,1-2H3. The van der Waals surface area contributed by atoms with Crippen LogP contribution in [0.15, 0.2) is 30.3 Å². The van der Waals surface area contributed by atoms with Crippen LogP contribution in [0.1, 0.15) is 29.8 Å². The summed E-state index contributed by atoms with van der Waals surface area (Å²) in [5.41, 5.74) is 3.85. The zero-order valence-electron chi connectivity index (χ0n) is 15.4. The van der Waals surface area contributed by atoms with Gasteiger partial charge in [-0.1, -0.05) is 18.2 Å². The van der Waals surface area contributed by atoms with Gasteiger partial charge in [0.15, 0.2) is 0 Å². The van der Waals surface area contributed by atoms with Crippen LogP contribution in [0.3, 0.4) is 0 Å². The van der Waals surface area contributed by atoms with Crippen molar-refractivity contribution >= 4 is 5.91 Å². The summed E-state index contributed by atoms with van der Waals surface area (Å²) < 4.78 is 1.89. The van der Waals surface area contributed by atoms with Crippen molar-refractivity contribution in [2.45, 2.75) is 39.2 Å². The molecule has 1 saturated heterocycles. The van der Waals surface area contributed by atoms with E-state index in [4.69, 9.17) is 5.11 Å². The molecule has 1 atom stereocenters. The summed E-state index contributed by atoms with van der Waals surface area (Å²) in [6.45, 7) is 4.99. The lowest BCUT2D eigenvalue weighted by molar-refractivity contribution is -0.132. The predicted molar refractivity (Wildman–Crippen MR) is 99.1 cm³/mol. The number of carbonyl (C=O) groups excluding carboxylic acids is 1. The molecule has 2 aromatic rings. The van der Waals surface area contributed by atoms with Gasteiger partial charge in [-0.05, 0) is 44.7 Å². The summed E-state index contributed by atoms with van der Waals surface area (Å²) in [6.07, 6.45) is 1.13. The second-order valence-electron chi connectivity index (χ2n) is 7.04. The van der Waals surface area contributed by atoms with Gasteiger partial charge >= 0.3 is 0 Å². The fraction of sp³-hybridized carbons (Fsp3) is 0.500. The third-order valence-electron chi connectivity index (χ3n) is 5.39. The van der Waals surface area contributed by atoms with E-state index >= 15 is 0 Å². The SMILES string of the molecule is Cc1nn(-c2ccccc2)c(C)c1CC(=O)N1CCC(C(O)CO)CC1. The average Bonchev–Trinajstić information content (AvgIpc) is 2.96. The molecular weight excluding hydrogens is 330 g/mol. The van der Waals surface area contributed by atoms with Crippen molar-refractivity contribution in [2.75, 3.05) is 19.7 Å². The Kier molecular flexibility index (Phi) is 5.74. The van der Waals surface area contributed by atoms with Crippen molar-refractivity contribution < 1.29 is 15.0 Å². The van der Waals surface area contributed by atoms with Gasteiger partial charge in [0, 0.05) is 24.3 Å². The van der Waals surface area contributed by atoms with E-state index in [1.165, 1.54) is 0 Å². The van der Waals surface area contributed by atoms with Crippen LogP contribution in [0.2, 0.25) is 0 Å². The molecule has 1 aliphatic rings. The summed E-state index contributed by atoms with van der Waals surface area (Å²) >= 11 is 0. The maximum Gasteiger partial charge on any atom is 0.227 e. The highest BCUT2D eigenvalue weighted by Gasteiger charge is 2.28. The number of para-hydroxylation sites is 1. The molecule has 0 spiro atoms. The van der Waals surface area contributed by atoms with Crippen LogP contribution in [0.4, 0.5) is 0 Å². The third kappa shape index (κ3) is 3.81. The Hall–Kier alpha value is -2.18. The van der Waals surface area contributed by atoms with Crippen molar-refractivity contribution in [1.29, 1.82) is 0 Å². The number of amides is 1. The molecule has 26 heavy (non-hydrogen) atoms. The van der Waals surface area contributed by atoms with Crippen LogP contribution < -0.4 is 0 Å². The van der Waals surface area contributed by atoms with Gasteiger partial charge in [0.1, 0.15) is 0 Å². The summed E-state index contributed by atoms with van der Waals surface area (Å²) in [4.78, 5) is 14.6. The first kappa shape index (κ1) is 18.6. The van der Waals surface area contributed by atoms with Gasteiger partial charge in [-0.15, -0.1) is 0 Å². The minimum absolute atomic E-state index is 0.0772. The number of aliphatic hydroxyl groups excluding tert-OH is 2. The molecule has 2 heterocycles. The minimum Gasteiger partial charge on any atom is -0.394 e. The van der Waals surface area contributed by atoms with Crippen molar-refractivity contribution in [3.63, 3.8) is 0 Å². The Balaban J connectivity index is 1.68. The Morgan fingerprint density at radius 2 is 1.88 bits per heavy atom. The Bertz CT molecular complexity index is 749. The monoisotopic (exact) mass is 357 g/mol. The number of aromatic nitrogens is 2. The number of carbonyl (C=O) groups is 1. The molecule has 0 saturated carbocycles. The van der Waals surface area contributed by atoms with E-state index in [1.807, 2.05) is 53.8 Å². The molecule has 0 aliphatic carbocycles. The summed E-state index contributed by atoms with van der Waals surface area (Å²) in [7, 11) is 0. The van der Waals surface area contributed by atoms with Gasteiger partial charge in [-0.3, -0.25) is 4.79 Å². The van der Waals surface area contributed by atoms with Crippen molar-refractivity contribution in [3.05, 3.63) is 47.3 Å². The first-order valence-corrected chi connectivity index (χ1v) is 9.18. The number of piperidine rings is 1. The number of nitrogens with zero attached hydrogens (tertiary/aromatic N) is 3. The topological polar surface area (TPSA) is 78.6 Å². The van der Waals surface area contributed by atoms with Crippen LogP contribution in [-0.2, 0) is 11.2 Å². The Labute approximate surface area is 154 Å². The molecule has 2 N–H and O–H groups in total. The zero-order valence-corrected chi connectivity index (χ0v) is 15.4. The number of rotatable bonds is 5. The fourth-order valence-electron chi connectivity index (χ4n) is 3.70. The molecule has 140 valence electrons. The van der Waals surface area contributed by atoms with Gasteiger partial charge in [-0.25, -0.2) is 4.68 Å². The molecule has 1 aromatic heterocycles. The van der Waals surface area contributed by atoms with Crippen LogP contribution in [-0.4, -0.2) is 56.6 Å². The molecule has 0 radical (unpaired) electrons. The second kappa shape index (κ2) is 8.01. The highest BCUT2D eigenvalue weighted by molar-refractivity contribution is 5.79. The molecule has 1 aliphatic heterocycles. The maximum absolute atomic E-state index is 12.7. The molecule has 6 nitrogen and oxygen atoms in total. The molecule has 1 unspecified atom stereocenters. The van der Waals surface area contributed by atoms with E-state index in [1.54, 1.807) is 0 Å². The van der Waals surface area contributed by atoms with E-state index in [-0.39, 0.29) is 18.4 Å². The first-order chi connectivity index (χ1) is 12.5. The maximum atomic E-state index is 12.7. The van der Waals surface area contributed by atoms with E-state index in [0.717, 1.165) is 35.5 Å². The van der Waals surface area contributed by atoms with Crippen LogP contribution >= 0.6 is 0 Å². The van der Waals surface area contributed by atoms with E-state index < -0.39 is 6.10 Å². The minimum atomic E-state index is -0.680. The number of aryl methyl sites for hydroxylation is 1. The molecule has 1 fully saturated rings. The fourth-order valence-corrected chi connectivity index (χ4v) is 3.70. The van der Waals surface area contributed by atoms with Gasteiger partial charge in [0.05, 0.1) is 30.5 Å². The zero-order chi connectivity index (χ0) is 18.7. The molecular formula is C20H27N3O3. The van der Waals surface area contributed by atoms with Crippen molar-refractivity contribution in [3.8, 4) is 5.69 Å². The molecule has 6 heteroatoms. The lowest BCUT2D eigenvalue weighted by atomic mass is 9.91. The predicted octanol–water partition coefficient (Wildman–Crippen LogP) is 1.62. The summed E-state index contributed by atoms with van der Waals surface area (Å²) in [5, 5.41) is 23.4. The summed E-state index contributed by atoms with van der Waals surface area (Å²) in [5.74, 6) is 0.175. The lowest BCUT2D eigenvalue weighted by Crippen LogP contribution is -2.42. The Morgan fingerprint density at radius 3 is 2.50 bits per heavy atom. The molecule has 3 rings (SSSR count). The normalized spacial score (nSPS) is 16.7. The first-order valence-electron chi connectivity index (χ1n) is 9.18. The molecule has 0 bridgehead atoms. The second-order valence-corrected chi connectivity index (χ2v) is 7.04. The van der Waals surface area contributed by atoms with Crippen LogP contribution in [0, 0.1) is 19.8 Å². The van der Waals surface area contributed by atoms with Crippen LogP contribution in [0.5, 0.6) is 0 Å². The third-order valence-corrected chi connectivity index (χ3v) is 5.39. The largest absolute Gasteiger partial charge is 0.394 e. The average molecular weight is 357 g/mol. The molecule has 1 amide bonds. The van der Waals surface area contributed by atoms with Crippen molar-refractivity contribution in [1.82, 2.24) is 14.7 Å².